The van der Waals surface area contributed by atoms with Crippen LogP contribution < -0.4 is 0 Å². The number of rotatable bonds is 5. The Balaban J connectivity index is 4.20. The van der Waals surface area contributed by atoms with Gasteiger partial charge in [0.25, 0.3) is 0 Å². The van der Waals surface area contributed by atoms with Gasteiger partial charge in [0.05, 0.1) is 7.85 Å². The minimum atomic E-state index is 0.462. The average molecular weight is 322 g/mol. The fourth-order valence-corrected chi connectivity index (χ4v) is 6.16. The van der Waals surface area contributed by atoms with Gasteiger partial charge in [-0.15, -0.1) is 30.8 Å². The molecule has 0 heterocycles. The molecule has 0 saturated heterocycles. The minimum Gasteiger partial charge on any atom is -0.145 e. The molecule has 14 heavy (non-hydrogen) atoms. The molecule has 0 nitrogen and oxygen atoms in total. The second-order valence-corrected chi connectivity index (χ2v) is 11.2. The highest BCUT2D eigenvalue weighted by Crippen LogP contribution is 2.43. The third-order valence-electron chi connectivity index (χ3n) is 2.09. The van der Waals surface area contributed by atoms with Crippen molar-refractivity contribution in [2.75, 3.05) is 0 Å². The number of halogens is 1. The Morgan fingerprint density at radius 3 is 2.00 bits per heavy atom. The summed E-state index contributed by atoms with van der Waals surface area (Å²) in [6, 6.07) is 0. The lowest BCUT2D eigenvalue weighted by Crippen LogP contribution is -2.33. The smallest absolute Gasteiger partial charge is 0.145 e. The predicted molar refractivity (Wildman–Crippen MR) is 87.0 cm³/mol. The standard InChI is InChI=1S/C9H23B3IP/c1-7(2)12(13)14-9(5,6)11-8(3,4)10/h7,11,14H,10H2,1-6H3. The number of hydrogen-bond acceptors (Lipinski definition) is 0. The molecule has 5 heteroatoms. The average Bonchev–Trinajstić information content (AvgIpc) is 1.78. The summed E-state index contributed by atoms with van der Waals surface area (Å²) in [4.78, 5) is 0. The molecule has 0 N–H and O–H groups in total. The van der Waals surface area contributed by atoms with Gasteiger partial charge in [-0.3, -0.25) is 0 Å². The summed E-state index contributed by atoms with van der Waals surface area (Å²) in [5, 5.41) is 0.970. The van der Waals surface area contributed by atoms with Gasteiger partial charge in [0.1, 0.15) is 7.28 Å². The Kier molecular flexibility index (Phi) is 6.16. The molecule has 0 aromatic rings. The Labute approximate surface area is 107 Å². The molecule has 0 aliphatic rings. The predicted octanol–water partition coefficient (Wildman–Crippen LogP) is 2.96. The van der Waals surface area contributed by atoms with Crippen LogP contribution in [0, 0.1) is 0 Å². The Bertz CT molecular complexity index is 177. The third kappa shape index (κ3) is 7.62. The zero-order chi connectivity index (χ0) is 11.6. The lowest BCUT2D eigenvalue weighted by molar-refractivity contribution is 0.879. The molecule has 0 fully saturated rings. The fraction of sp³-hybridized carbons (Fsp3) is 1.00. The normalized spacial score (nSPS) is 14.0. The summed E-state index contributed by atoms with van der Waals surface area (Å²) < 4.78 is 0.838. The molecule has 0 aromatic heterocycles. The van der Waals surface area contributed by atoms with Gasteiger partial charge in [0, 0.05) is 0 Å². The van der Waals surface area contributed by atoms with Gasteiger partial charge in [-0.05, 0) is 5.06 Å². The lowest BCUT2D eigenvalue weighted by atomic mass is 9.39. The van der Waals surface area contributed by atoms with Crippen molar-refractivity contribution in [3.05, 3.63) is 0 Å². The van der Waals surface area contributed by atoms with Crippen LogP contribution in [0.25, 0.3) is 0 Å². The van der Waals surface area contributed by atoms with Crippen molar-refractivity contribution in [1.82, 2.24) is 0 Å². The van der Waals surface area contributed by atoms with Crippen LogP contribution in [0.4, 0.5) is 0 Å². The highest BCUT2D eigenvalue weighted by atomic mass is 127. The summed E-state index contributed by atoms with van der Waals surface area (Å²) in [5.41, 5.74) is 0. The summed E-state index contributed by atoms with van der Waals surface area (Å²) in [5.74, 6) is 0.813. The maximum atomic E-state index is 2.62. The zero-order valence-corrected chi connectivity index (χ0v) is 13.9. The summed E-state index contributed by atoms with van der Waals surface area (Å²) >= 11 is 2.62. The zero-order valence-electron chi connectivity index (χ0n) is 10.7. The molecule has 0 aliphatic carbocycles. The molecular weight excluding hydrogens is 298 g/mol. The highest BCUT2D eigenvalue weighted by molar-refractivity contribution is 14.1. The highest BCUT2D eigenvalue weighted by Gasteiger charge is 2.31. The maximum Gasteiger partial charge on any atom is 0.245 e. The Morgan fingerprint density at radius 1 is 1.29 bits per heavy atom. The van der Waals surface area contributed by atoms with Gasteiger partial charge in [-0.2, -0.15) is 0 Å². The van der Waals surface area contributed by atoms with E-state index in [0.717, 1.165) is 18.6 Å². The van der Waals surface area contributed by atoms with Crippen molar-refractivity contribution in [2.24, 2.45) is 0 Å². The molecule has 0 aromatic carbocycles. The van der Waals surface area contributed by atoms with Crippen molar-refractivity contribution >= 4 is 50.2 Å². The van der Waals surface area contributed by atoms with E-state index >= 15 is 0 Å². The van der Waals surface area contributed by atoms with Crippen LogP contribution in [0.1, 0.15) is 41.5 Å². The van der Waals surface area contributed by atoms with E-state index in [0.29, 0.717) is 10.3 Å². The summed E-state index contributed by atoms with van der Waals surface area (Å²) in [6.45, 7) is 14.2. The first-order valence-electron chi connectivity index (χ1n) is 5.45. The molecule has 0 spiro atoms. The van der Waals surface area contributed by atoms with E-state index in [1.165, 1.54) is 7.28 Å². The monoisotopic (exact) mass is 322 g/mol. The van der Waals surface area contributed by atoms with Crippen molar-refractivity contribution in [1.29, 1.82) is 0 Å². The second kappa shape index (κ2) is 5.61. The molecule has 0 aliphatic heterocycles. The largest absolute Gasteiger partial charge is 0.245 e. The summed E-state index contributed by atoms with van der Waals surface area (Å²) in [6.07, 6.45) is 0. The van der Waals surface area contributed by atoms with E-state index in [9.17, 15) is 0 Å². The van der Waals surface area contributed by atoms with Crippen LogP contribution >= 0.6 is 30.8 Å². The van der Waals surface area contributed by atoms with Crippen LogP contribution in [0.2, 0.25) is 11.0 Å². The number of hydrogen-bond donors (Lipinski definition) is 0. The van der Waals surface area contributed by atoms with Crippen molar-refractivity contribution < 1.29 is 0 Å². The first-order valence-corrected chi connectivity index (χ1v) is 7.78. The second-order valence-electron chi connectivity index (χ2n) is 6.41. The molecular formula is C9H23B3IP. The van der Waals surface area contributed by atoms with Crippen molar-refractivity contribution in [2.45, 2.75) is 57.6 Å². The van der Waals surface area contributed by atoms with Crippen LogP contribution in [-0.2, 0) is 0 Å². The molecule has 0 rings (SSSR count). The molecule has 1 unspecified atom stereocenters. The van der Waals surface area contributed by atoms with Crippen LogP contribution in [0.3, 0.4) is 0 Å². The van der Waals surface area contributed by atoms with Crippen LogP contribution in [-0.4, -0.2) is 24.5 Å². The molecule has 0 saturated carbocycles. The van der Waals surface area contributed by atoms with E-state index < -0.39 is 0 Å². The van der Waals surface area contributed by atoms with Gasteiger partial charge in [-0.25, -0.2) is 0 Å². The van der Waals surface area contributed by atoms with E-state index in [4.69, 9.17) is 0 Å². The fourth-order valence-electron chi connectivity index (χ4n) is 1.92. The lowest BCUT2D eigenvalue weighted by Gasteiger charge is -2.33. The third-order valence-corrected chi connectivity index (χ3v) is 6.36. The van der Waals surface area contributed by atoms with Crippen molar-refractivity contribution in [3.8, 4) is 0 Å². The SMILES string of the molecule is BC(C)(C)BC(C)(C)PB(I)C(C)C. The van der Waals surface area contributed by atoms with Crippen molar-refractivity contribution in [3.63, 3.8) is 0 Å². The summed E-state index contributed by atoms with van der Waals surface area (Å²) in [7, 11) is 4.74. The van der Waals surface area contributed by atoms with E-state index in [-0.39, 0.29) is 0 Å². The van der Waals surface area contributed by atoms with E-state index in [1.807, 2.05) is 0 Å². The minimum absolute atomic E-state index is 0.462. The van der Waals surface area contributed by atoms with Crippen LogP contribution in [0.5, 0.6) is 0 Å². The Morgan fingerprint density at radius 2 is 1.71 bits per heavy atom. The van der Waals surface area contributed by atoms with Gasteiger partial charge in [0.15, 0.2) is 0 Å². The van der Waals surface area contributed by atoms with Crippen LogP contribution in [0.15, 0.2) is 0 Å². The molecule has 0 radical (unpaired) electrons. The topological polar surface area (TPSA) is 0 Å². The van der Waals surface area contributed by atoms with Gasteiger partial charge < -0.3 is 0 Å². The molecule has 1 atom stereocenters. The molecule has 0 bridgehead atoms. The molecule has 0 amide bonds. The van der Waals surface area contributed by atoms with E-state index in [2.05, 4.69) is 71.8 Å². The first kappa shape index (κ1) is 15.4. The Hall–Kier alpha value is 1.35. The molecule has 80 valence electrons. The van der Waals surface area contributed by atoms with Gasteiger partial charge >= 0.3 is 0 Å². The van der Waals surface area contributed by atoms with E-state index in [1.54, 1.807) is 0 Å². The first-order chi connectivity index (χ1) is 6.03. The quantitative estimate of drug-likeness (QED) is 0.415. The maximum absolute atomic E-state index is 2.62. The van der Waals surface area contributed by atoms with Gasteiger partial charge in [0.2, 0.25) is 4.29 Å². The van der Waals surface area contributed by atoms with Gasteiger partial charge in [-0.1, -0.05) is 52.6 Å².